The van der Waals surface area contributed by atoms with Crippen molar-refractivity contribution in [2.24, 2.45) is 0 Å². The van der Waals surface area contributed by atoms with Crippen molar-refractivity contribution in [2.75, 3.05) is 6.61 Å². The lowest BCUT2D eigenvalue weighted by Crippen LogP contribution is -2.54. The SMILES string of the molecule is C[C@H](NC(=O)C(=O)NC1CCCCC1)C(=O)N[C@@H](CC(=O)O)C(=O)COc1c(F)c(F)cc(F)c1F. The Kier molecular flexibility index (Phi) is 10.2. The van der Waals surface area contributed by atoms with Crippen LogP contribution in [0.5, 0.6) is 5.75 Å². The van der Waals surface area contributed by atoms with Crippen LogP contribution in [0.25, 0.3) is 0 Å². The number of halogens is 4. The second kappa shape index (κ2) is 12.8. The van der Waals surface area contributed by atoms with Crippen LogP contribution in [0.15, 0.2) is 6.07 Å². The quantitative estimate of drug-likeness (QED) is 0.205. The molecule has 0 spiro atoms. The topological polar surface area (TPSA) is 151 Å². The molecule has 2 atom stereocenters. The van der Waals surface area contributed by atoms with Gasteiger partial charge in [-0.15, -0.1) is 0 Å². The molecule has 1 aliphatic carbocycles. The number of carboxylic acids is 1. The highest BCUT2D eigenvalue weighted by Crippen LogP contribution is 2.26. The summed E-state index contributed by atoms with van der Waals surface area (Å²) in [5.41, 5.74) is 0. The molecule has 2 rings (SSSR count). The average molecular weight is 519 g/mol. The van der Waals surface area contributed by atoms with Crippen molar-refractivity contribution < 1.29 is 51.4 Å². The van der Waals surface area contributed by atoms with Crippen molar-refractivity contribution in [3.05, 3.63) is 29.3 Å². The number of aliphatic carboxylic acids is 1. The Bertz CT molecular complexity index is 1010. The molecule has 1 aromatic carbocycles. The number of ketones is 1. The number of amides is 3. The standard InChI is InChI=1S/C22H25F4N3O7/c1-10(27-21(34)22(35)28-11-5-3-2-4-6-11)20(33)29-14(8-16(31)32)15(30)9-36-19-17(25)12(23)7-13(24)18(19)26/h7,10-11,14H,2-6,8-9H2,1H3,(H,27,34)(H,28,35)(H,29,33)(H,31,32)/t10-,14-/m0/s1. The molecule has 14 heteroatoms. The summed E-state index contributed by atoms with van der Waals surface area (Å²) in [6, 6.07) is -3.42. The van der Waals surface area contributed by atoms with E-state index in [1.54, 1.807) is 0 Å². The van der Waals surface area contributed by atoms with E-state index in [9.17, 15) is 41.5 Å². The van der Waals surface area contributed by atoms with E-state index in [4.69, 9.17) is 5.11 Å². The molecule has 3 amide bonds. The highest BCUT2D eigenvalue weighted by atomic mass is 19.2. The zero-order chi connectivity index (χ0) is 27.0. The average Bonchev–Trinajstić information content (AvgIpc) is 2.82. The fraction of sp³-hybridized carbons (Fsp3) is 0.500. The van der Waals surface area contributed by atoms with Gasteiger partial charge in [0.25, 0.3) is 0 Å². The molecule has 0 aliphatic heterocycles. The van der Waals surface area contributed by atoms with E-state index < -0.39 is 83.6 Å². The molecule has 0 radical (unpaired) electrons. The second-order valence-corrected chi connectivity index (χ2v) is 8.21. The van der Waals surface area contributed by atoms with E-state index in [0.29, 0.717) is 12.8 Å². The number of carboxylic acid groups (broad SMARTS) is 1. The molecule has 10 nitrogen and oxygen atoms in total. The second-order valence-electron chi connectivity index (χ2n) is 8.21. The Labute approximate surface area is 202 Å². The number of carbonyl (C=O) groups is 5. The lowest BCUT2D eigenvalue weighted by atomic mass is 9.95. The number of hydrogen-bond donors (Lipinski definition) is 4. The van der Waals surface area contributed by atoms with Gasteiger partial charge in [0, 0.05) is 12.1 Å². The normalized spacial score (nSPS) is 15.4. The van der Waals surface area contributed by atoms with Crippen molar-refractivity contribution in [2.45, 2.75) is 63.6 Å². The van der Waals surface area contributed by atoms with Crippen LogP contribution in [0.4, 0.5) is 17.6 Å². The fourth-order valence-corrected chi connectivity index (χ4v) is 3.46. The molecule has 0 aromatic heterocycles. The van der Waals surface area contributed by atoms with E-state index >= 15 is 0 Å². The summed E-state index contributed by atoms with van der Waals surface area (Å²) >= 11 is 0. The van der Waals surface area contributed by atoms with Crippen LogP contribution >= 0.6 is 0 Å². The first-order chi connectivity index (χ1) is 16.9. The van der Waals surface area contributed by atoms with Gasteiger partial charge < -0.3 is 25.8 Å². The molecular formula is C22H25F4N3O7. The molecule has 1 fully saturated rings. The smallest absolute Gasteiger partial charge is 0.309 e. The fourth-order valence-electron chi connectivity index (χ4n) is 3.46. The van der Waals surface area contributed by atoms with Crippen LogP contribution in [0.2, 0.25) is 0 Å². The molecule has 0 unspecified atom stereocenters. The Morgan fingerprint density at radius 2 is 1.56 bits per heavy atom. The third-order valence-electron chi connectivity index (χ3n) is 5.40. The van der Waals surface area contributed by atoms with Crippen molar-refractivity contribution in [3.63, 3.8) is 0 Å². The maximum atomic E-state index is 13.7. The zero-order valence-corrected chi connectivity index (χ0v) is 19.2. The lowest BCUT2D eigenvalue weighted by Gasteiger charge is -2.23. The van der Waals surface area contributed by atoms with Crippen molar-refractivity contribution in [3.8, 4) is 5.75 Å². The number of carbonyl (C=O) groups excluding carboxylic acids is 4. The summed E-state index contributed by atoms with van der Waals surface area (Å²) in [6.45, 7) is -0.0836. The predicted octanol–water partition coefficient (Wildman–Crippen LogP) is 1.10. The van der Waals surface area contributed by atoms with E-state index in [1.165, 1.54) is 6.92 Å². The number of hydrogen-bond acceptors (Lipinski definition) is 6. The Morgan fingerprint density at radius 3 is 2.11 bits per heavy atom. The van der Waals surface area contributed by atoms with E-state index in [2.05, 4.69) is 15.4 Å². The molecular weight excluding hydrogens is 494 g/mol. The molecule has 0 bridgehead atoms. The van der Waals surface area contributed by atoms with Crippen LogP contribution in [0.3, 0.4) is 0 Å². The van der Waals surface area contributed by atoms with E-state index in [-0.39, 0.29) is 12.1 Å². The molecule has 0 heterocycles. The maximum Gasteiger partial charge on any atom is 0.309 e. The molecule has 1 aromatic rings. The first-order valence-corrected chi connectivity index (χ1v) is 11.0. The number of Topliss-reactive ketones (excluding diaryl/α,β-unsaturated/α-hetero) is 1. The van der Waals surface area contributed by atoms with Crippen molar-refractivity contribution in [1.82, 2.24) is 16.0 Å². The molecule has 36 heavy (non-hydrogen) atoms. The van der Waals surface area contributed by atoms with Gasteiger partial charge in [-0.2, -0.15) is 8.78 Å². The first-order valence-electron chi connectivity index (χ1n) is 11.0. The first kappa shape index (κ1) is 28.5. The van der Waals surface area contributed by atoms with Gasteiger partial charge in [0.15, 0.2) is 23.2 Å². The minimum atomic E-state index is -1.91. The summed E-state index contributed by atoms with van der Waals surface area (Å²) in [4.78, 5) is 60.0. The summed E-state index contributed by atoms with van der Waals surface area (Å²) in [5, 5.41) is 15.7. The Morgan fingerprint density at radius 1 is 0.972 bits per heavy atom. The van der Waals surface area contributed by atoms with Crippen LogP contribution in [0, 0.1) is 23.3 Å². The Hall–Kier alpha value is -3.71. The summed E-state index contributed by atoms with van der Waals surface area (Å²) in [6.07, 6.45) is 3.28. The summed E-state index contributed by atoms with van der Waals surface area (Å²) < 4.78 is 58.5. The lowest BCUT2D eigenvalue weighted by molar-refractivity contribution is -0.142. The zero-order valence-electron chi connectivity index (χ0n) is 19.2. The maximum absolute atomic E-state index is 13.7. The Balaban J connectivity index is 1.97. The van der Waals surface area contributed by atoms with Gasteiger partial charge in [-0.05, 0) is 19.8 Å². The third-order valence-corrected chi connectivity index (χ3v) is 5.40. The molecule has 1 aliphatic rings. The van der Waals surface area contributed by atoms with Crippen LogP contribution in [-0.4, -0.2) is 59.3 Å². The number of rotatable bonds is 10. The number of benzene rings is 1. The highest BCUT2D eigenvalue weighted by molar-refractivity contribution is 6.35. The molecule has 1 saturated carbocycles. The minimum Gasteiger partial charge on any atom is -0.481 e. The van der Waals surface area contributed by atoms with Crippen molar-refractivity contribution >= 4 is 29.5 Å². The monoisotopic (exact) mass is 519 g/mol. The minimum absolute atomic E-state index is 0.0715. The third kappa shape index (κ3) is 7.92. The van der Waals surface area contributed by atoms with Crippen molar-refractivity contribution in [1.29, 1.82) is 0 Å². The van der Waals surface area contributed by atoms with Crippen LogP contribution in [-0.2, 0) is 24.0 Å². The van der Waals surface area contributed by atoms with Gasteiger partial charge in [0.2, 0.25) is 17.5 Å². The van der Waals surface area contributed by atoms with Gasteiger partial charge >= 0.3 is 17.8 Å². The van der Waals surface area contributed by atoms with Gasteiger partial charge in [0.05, 0.1) is 6.42 Å². The molecule has 4 N–H and O–H groups in total. The van der Waals surface area contributed by atoms with Crippen LogP contribution < -0.4 is 20.7 Å². The van der Waals surface area contributed by atoms with Crippen LogP contribution in [0.1, 0.15) is 45.4 Å². The predicted molar refractivity (Wildman–Crippen MR) is 114 cm³/mol. The molecule has 0 saturated heterocycles. The van der Waals surface area contributed by atoms with E-state index in [1.807, 2.05) is 5.32 Å². The number of nitrogens with one attached hydrogen (secondary N) is 3. The van der Waals surface area contributed by atoms with Gasteiger partial charge in [-0.25, -0.2) is 8.78 Å². The summed E-state index contributed by atoms with van der Waals surface area (Å²) in [7, 11) is 0. The number of ether oxygens (including phenoxy) is 1. The highest BCUT2D eigenvalue weighted by Gasteiger charge is 2.29. The van der Waals surface area contributed by atoms with Gasteiger partial charge in [0.1, 0.15) is 18.7 Å². The molecule has 198 valence electrons. The summed E-state index contributed by atoms with van der Waals surface area (Å²) in [5.74, 6) is -14.8. The van der Waals surface area contributed by atoms with Gasteiger partial charge in [-0.1, -0.05) is 19.3 Å². The van der Waals surface area contributed by atoms with E-state index in [0.717, 1.165) is 19.3 Å². The van der Waals surface area contributed by atoms with Gasteiger partial charge in [-0.3, -0.25) is 24.0 Å². The largest absolute Gasteiger partial charge is 0.481 e.